The third kappa shape index (κ3) is 3.13. The molecule has 2 heterocycles. The number of carbonyl (C=O) groups is 1. The lowest BCUT2D eigenvalue weighted by molar-refractivity contribution is 0.0896. The molecule has 0 saturated carbocycles. The number of aromatic nitrogens is 2. The van der Waals surface area contributed by atoms with Crippen LogP contribution in [0, 0.1) is 18.7 Å². The van der Waals surface area contributed by atoms with E-state index < -0.39 is 5.82 Å². The number of hydrogen-bond acceptors (Lipinski definition) is 5. The summed E-state index contributed by atoms with van der Waals surface area (Å²) in [7, 11) is 0. The molecule has 1 aliphatic rings. The largest absolute Gasteiger partial charge is 0.347 e. The van der Waals surface area contributed by atoms with E-state index in [2.05, 4.69) is 14.3 Å². The molecule has 116 valence electrons. The first-order chi connectivity index (χ1) is 10.5. The average Bonchev–Trinajstić information content (AvgIpc) is 2.93. The minimum atomic E-state index is -0.542. The monoisotopic (exact) mass is 339 g/mol. The molecule has 0 amide bonds. The highest BCUT2D eigenvalue weighted by atomic mass is 35.5. The van der Waals surface area contributed by atoms with Crippen molar-refractivity contribution in [1.82, 2.24) is 9.36 Å². The van der Waals surface area contributed by atoms with Gasteiger partial charge >= 0.3 is 0 Å². The van der Waals surface area contributed by atoms with Gasteiger partial charge in [0.2, 0.25) is 5.13 Å². The second-order valence-corrected chi connectivity index (χ2v) is 6.54. The maximum atomic E-state index is 13.9. The van der Waals surface area contributed by atoms with Crippen LogP contribution in [0.5, 0.6) is 0 Å². The van der Waals surface area contributed by atoms with Crippen molar-refractivity contribution in [3.63, 3.8) is 0 Å². The van der Waals surface area contributed by atoms with Gasteiger partial charge in [0.1, 0.15) is 11.6 Å². The van der Waals surface area contributed by atoms with Crippen molar-refractivity contribution in [2.75, 3.05) is 18.0 Å². The Kier molecular flexibility index (Phi) is 4.40. The van der Waals surface area contributed by atoms with Gasteiger partial charge in [0.05, 0.1) is 5.56 Å². The highest BCUT2D eigenvalue weighted by Crippen LogP contribution is 2.28. The molecule has 2 aromatic rings. The van der Waals surface area contributed by atoms with Crippen LogP contribution in [0.3, 0.4) is 0 Å². The van der Waals surface area contributed by atoms with E-state index >= 15 is 0 Å². The van der Waals surface area contributed by atoms with E-state index in [-0.39, 0.29) is 17.3 Å². The quantitative estimate of drug-likeness (QED) is 0.799. The summed E-state index contributed by atoms with van der Waals surface area (Å²) in [6, 6.07) is 4.21. The number of nitrogens with zero attached hydrogens (tertiary/aromatic N) is 3. The number of hydrogen-bond donors (Lipinski definition) is 0. The fraction of sp³-hybridized carbons (Fsp3) is 0.400. The summed E-state index contributed by atoms with van der Waals surface area (Å²) in [5.41, 5.74) is 0.134. The van der Waals surface area contributed by atoms with Crippen LogP contribution in [0.25, 0.3) is 0 Å². The molecule has 0 aliphatic carbocycles. The predicted molar refractivity (Wildman–Crippen MR) is 85.3 cm³/mol. The first kappa shape index (κ1) is 15.4. The summed E-state index contributed by atoms with van der Waals surface area (Å²) in [5, 5.41) is 1.19. The van der Waals surface area contributed by atoms with Crippen molar-refractivity contribution in [2.45, 2.75) is 19.8 Å². The van der Waals surface area contributed by atoms with Crippen molar-refractivity contribution in [2.24, 2.45) is 5.92 Å². The number of piperidine rings is 1. The minimum Gasteiger partial charge on any atom is -0.347 e. The van der Waals surface area contributed by atoms with E-state index in [1.165, 1.54) is 23.7 Å². The number of rotatable bonds is 3. The van der Waals surface area contributed by atoms with Gasteiger partial charge in [-0.15, -0.1) is 0 Å². The zero-order valence-corrected chi connectivity index (χ0v) is 13.6. The van der Waals surface area contributed by atoms with Crippen LogP contribution in [-0.2, 0) is 0 Å². The van der Waals surface area contributed by atoms with Crippen LogP contribution < -0.4 is 4.90 Å². The molecule has 1 fully saturated rings. The zero-order valence-electron chi connectivity index (χ0n) is 12.1. The molecule has 0 N–H and O–H groups in total. The van der Waals surface area contributed by atoms with E-state index in [1.54, 1.807) is 6.07 Å². The van der Waals surface area contributed by atoms with Gasteiger partial charge < -0.3 is 4.90 Å². The SMILES string of the molecule is Cc1nsc(N2CCC(C(=O)c3ccc(Cl)cc3F)CC2)n1. The predicted octanol–water partition coefficient (Wildman–Crippen LogP) is 3.74. The molecule has 3 rings (SSSR count). The fourth-order valence-corrected chi connectivity index (χ4v) is 3.54. The number of halogens is 2. The van der Waals surface area contributed by atoms with Crippen molar-refractivity contribution < 1.29 is 9.18 Å². The molecule has 0 radical (unpaired) electrons. The van der Waals surface area contributed by atoms with E-state index in [0.29, 0.717) is 17.9 Å². The standard InChI is InChI=1S/C15H15ClFN3OS/c1-9-18-15(22-19-9)20-6-4-10(5-7-20)14(21)12-3-2-11(16)8-13(12)17/h2-3,8,10H,4-7H2,1H3. The minimum absolute atomic E-state index is 0.134. The average molecular weight is 340 g/mol. The Morgan fingerprint density at radius 3 is 2.73 bits per heavy atom. The summed E-state index contributed by atoms with van der Waals surface area (Å²) in [5.74, 6) is -0.0654. The lowest BCUT2D eigenvalue weighted by Crippen LogP contribution is -2.36. The maximum Gasteiger partial charge on any atom is 0.205 e. The molecule has 1 aliphatic heterocycles. The van der Waals surface area contributed by atoms with E-state index in [0.717, 1.165) is 24.0 Å². The second kappa shape index (κ2) is 6.30. The lowest BCUT2D eigenvalue weighted by atomic mass is 9.89. The number of carbonyl (C=O) groups excluding carboxylic acids is 1. The zero-order chi connectivity index (χ0) is 15.7. The van der Waals surface area contributed by atoms with Crippen molar-refractivity contribution in [3.8, 4) is 0 Å². The molecule has 1 aromatic carbocycles. The molecule has 7 heteroatoms. The molecule has 0 bridgehead atoms. The third-order valence-corrected chi connectivity index (χ3v) is 4.95. The first-order valence-corrected chi connectivity index (χ1v) is 8.24. The molecule has 22 heavy (non-hydrogen) atoms. The molecule has 0 unspecified atom stereocenters. The molecule has 1 aromatic heterocycles. The molecule has 1 saturated heterocycles. The third-order valence-electron chi connectivity index (χ3n) is 3.85. The van der Waals surface area contributed by atoms with E-state index in [9.17, 15) is 9.18 Å². The molecule has 4 nitrogen and oxygen atoms in total. The molecule has 0 atom stereocenters. The van der Waals surface area contributed by atoms with Gasteiger partial charge in [0.15, 0.2) is 5.78 Å². The first-order valence-electron chi connectivity index (χ1n) is 7.09. The summed E-state index contributed by atoms with van der Waals surface area (Å²) in [4.78, 5) is 18.9. The second-order valence-electron chi connectivity index (χ2n) is 5.37. The van der Waals surface area contributed by atoms with E-state index in [4.69, 9.17) is 11.6 Å². The van der Waals surface area contributed by atoms with E-state index in [1.807, 2.05) is 6.92 Å². The van der Waals surface area contributed by atoms with Gasteiger partial charge in [0.25, 0.3) is 0 Å². The van der Waals surface area contributed by atoms with Crippen LogP contribution in [0.15, 0.2) is 18.2 Å². The Hall–Kier alpha value is -1.53. The van der Waals surface area contributed by atoms with Crippen LogP contribution in [0.4, 0.5) is 9.52 Å². The Labute approximate surface area is 137 Å². The van der Waals surface area contributed by atoms with Gasteiger partial charge in [-0.1, -0.05) is 11.6 Å². The summed E-state index contributed by atoms with van der Waals surface area (Å²) < 4.78 is 18.0. The van der Waals surface area contributed by atoms with Crippen molar-refractivity contribution in [3.05, 3.63) is 40.4 Å². The fourth-order valence-electron chi connectivity index (χ4n) is 2.66. The number of Topliss-reactive ketones (excluding diaryl/α,β-unsaturated/α-hetero) is 1. The number of aryl methyl sites for hydroxylation is 1. The van der Waals surface area contributed by atoms with Crippen LogP contribution in [0.2, 0.25) is 5.02 Å². The van der Waals surface area contributed by atoms with Crippen LogP contribution in [-0.4, -0.2) is 28.2 Å². The highest BCUT2D eigenvalue weighted by molar-refractivity contribution is 7.09. The number of anilines is 1. The molecular weight excluding hydrogens is 325 g/mol. The smallest absolute Gasteiger partial charge is 0.205 e. The summed E-state index contributed by atoms with van der Waals surface area (Å²) in [6.07, 6.45) is 1.39. The van der Waals surface area contributed by atoms with Gasteiger partial charge in [-0.3, -0.25) is 4.79 Å². The molecule has 0 spiro atoms. The van der Waals surface area contributed by atoms with Gasteiger partial charge in [-0.25, -0.2) is 9.37 Å². The Balaban J connectivity index is 1.67. The maximum absolute atomic E-state index is 13.9. The van der Waals surface area contributed by atoms with Gasteiger partial charge in [-0.05, 0) is 38.0 Å². The normalized spacial score (nSPS) is 16.0. The van der Waals surface area contributed by atoms with Crippen LogP contribution >= 0.6 is 23.1 Å². The number of benzene rings is 1. The van der Waals surface area contributed by atoms with Crippen molar-refractivity contribution in [1.29, 1.82) is 0 Å². The number of ketones is 1. The lowest BCUT2D eigenvalue weighted by Gasteiger charge is -2.30. The summed E-state index contributed by atoms with van der Waals surface area (Å²) >= 11 is 7.10. The summed E-state index contributed by atoms with van der Waals surface area (Å²) in [6.45, 7) is 3.33. The van der Waals surface area contributed by atoms with Gasteiger partial charge in [-0.2, -0.15) is 4.37 Å². The van der Waals surface area contributed by atoms with Crippen molar-refractivity contribution >= 4 is 34.0 Å². The van der Waals surface area contributed by atoms with Crippen LogP contribution in [0.1, 0.15) is 29.0 Å². The van der Waals surface area contributed by atoms with Gasteiger partial charge in [0, 0.05) is 35.6 Å². The topological polar surface area (TPSA) is 46.1 Å². The Bertz CT molecular complexity index is 698. The highest BCUT2D eigenvalue weighted by Gasteiger charge is 2.28. The molecular formula is C15H15ClFN3OS. The Morgan fingerprint density at radius 2 is 2.14 bits per heavy atom. The Morgan fingerprint density at radius 1 is 1.41 bits per heavy atom.